The zero-order valence-corrected chi connectivity index (χ0v) is 16.2. The standard InChI is InChI=1S/C20H34N2O2/c1-7-10-24-18-11-15(8-9-17(18)23-6)14-21-16-12-19(2,3)22-20(4,5)13-16/h8-9,11,16,21-22H,7,10,12-14H2,1-6H3. The summed E-state index contributed by atoms with van der Waals surface area (Å²) in [5.41, 5.74) is 1.56. The Kier molecular flexibility index (Phi) is 6.16. The number of ether oxygens (including phenoxy) is 2. The fourth-order valence-electron chi connectivity index (χ4n) is 3.88. The summed E-state index contributed by atoms with van der Waals surface area (Å²) in [6, 6.07) is 6.72. The highest BCUT2D eigenvalue weighted by molar-refractivity contribution is 5.43. The van der Waals surface area contributed by atoms with E-state index >= 15 is 0 Å². The highest BCUT2D eigenvalue weighted by Gasteiger charge is 2.37. The third kappa shape index (κ3) is 5.38. The summed E-state index contributed by atoms with van der Waals surface area (Å²) in [6.45, 7) is 12.8. The van der Waals surface area contributed by atoms with Gasteiger partial charge in [0, 0.05) is 23.7 Å². The summed E-state index contributed by atoms with van der Waals surface area (Å²) in [4.78, 5) is 0. The van der Waals surface area contributed by atoms with Gasteiger partial charge in [-0.25, -0.2) is 0 Å². The van der Waals surface area contributed by atoms with Crippen LogP contribution in [0.5, 0.6) is 11.5 Å². The molecular weight excluding hydrogens is 300 g/mol. The maximum absolute atomic E-state index is 5.81. The smallest absolute Gasteiger partial charge is 0.161 e. The molecule has 0 saturated carbocycles. The van der Waals surface area contributed by atoms with Gasteiger partial charge in [0.25, 0.3) is 0 Å². The number of rotatable bonds is 7. The second kappa shape index (κ2) is 7.75. The Balaban J connectivity index is 2.00. The first-order valence-corrected chi connectivity index (χ1v) is 9.07. The van der Waals surface area contributed by atoms with E-state index < -0.39 is 0 Å². The lowest BCUT2D eigenvalue weighted by Gasteiger charge is -2.46. The van der Waals surface area contributed by atoms with Crippen LogP contribution >= 0.6 is 0 Å². The second-order valence-electron chi connectivity index (χ2n) is 8.21. The van der Waals surface area contributed by atoms with Crippen LogP contribution in [0.3, 0.4) is 0 Å². The van der Waals surface area contributed by atoms with Crippen molar-refractivity contribution < 1.29 is 9.47 Å². The molecule has 1 aliphatic rings. The van der Waals surface area contributed by atoms with E-state index in [1.54, 1.807) is 7.11 Å². The summed E-state index contributed by atoms with van der Waals surface area (Å²) >= 11 is 0. The van der Waals surface area contributed by atoms with Crippen LogP contribution in [0, 0.1) is 0 Å². The largest absolute Gasteiger partial charge is 0.493 e. The zero-order valence-electron chi connectivity index (χ0n) is 16.2. The summed E-state index contributed by atoms with van der Waals surface area (Å²) in [6.07, 6.45) is 3.25. The summed E-state index contributed by atoms with van der Waals surface area (Å²) in [7, 11) is 1.69. The van der Waals surface area contributed by atoms with Crippen LogP contribution in [0.25, 0.3) is 0 Å². The lowest BCUT2D eigenvalue weighted by atomic mass is 9.79. The summed E-state index contributed by atoms with van der Waals surface area (Å²) in [5, 5.41) is 7.46. The first kappa shape index (κ1) is 19.1. The Morgan fingerprint density at radius 3 is 2.38 bits per heavy atom. The fraction of sp³-hybridized carbons (Fsp3) is 0.700. The molecule has 4 nitrogen and oxygen atoms in total. The van der Waals surface area contributed by atoms with Crippen molar-refractivity contribution >= 4 is 0 Å². The van der Waals surface area contributed by atoms with E-state index in [4.69, 9.17) is 9.47 Å². The fourth-order valence-corrected chi connectivity index (χ4v) is 3.88. The van der Waals surface area contributed by atoms with Gasteiger partial charge in [-0.3, -0.25) is 0 Å². The number of benzene rings is 1. The minimum absolute atomic E-state index is 0.161. The lowest BCUT2D eigenvalue weighted by Crippen LogP contribution is -2.61. The van der Waals surface area contributed by atoms with E-state index in [0.29, 0.717) is 12.6 Å². The third-order valence-corrected chi connectivity index (χ3v) is 4.47. The number of hydrogen-bond donors (Lipinski definition) is 2. The van der Waals surface area contributed by atoms with Crippen molar-refractivity contribution in [3.8, 4) is 11.5 Å². The number of methoxy groups -OCH3 is 1. The molecular formula is C20H34N2O2. The molecule has 0 radical (unpaired) electrons. The van der Waals surface area contributed by atoms with Crippen LogP contribution < -0.4 is 20.1 Å². The molecule has 0 atom stereocenters. The van der Waals surface area contributed by atoms with Gasteiger partial charge >= 0.3 is 0 Å². The van der Waals surface area contributed by atoms with E-state index in [0.717, 1.165) is 37.3 Å². The van der Waals surface area contributed by atoms with Crippen LogP contribution in [0.1, 0.15) is 59.4 Å². The van der Waals surface area contributed by atoms with E-state index in [-0.39, 0.29) is 11.1 Å². The Hall–Kier alpha value is -1.26. The van der Waals surface area contributed by atoms with Gasteiger partial charge in [-0.2, -0.15) is 0 Å². The molecule has 1 fully saturated rings. The molecule has 1 aromatic rings. The minimum Gasteiger partial charge on any atom is -0.493 e. The topological polar surface area (TPSA) is 42.5 Å². The monoisotopic (exact) mass is 334 g/mol. The van der Waals surface area contributed by atoms with Crippen molar-refractivity contribution in [1.82, 2.24) is 10.6 Å². The first-order chi connectivity index (χ1) is 11.2. The van der Waals surface area contributed by atoms with Crippen LogP contribution in [0.2, 0.25) is 0 Å². The first-order valence-electron chi connectivity index (χ1n) is 9.07. The SMILES string of the molecule is CCCOc1cc(CNC2CC(C)(C)NC(C)(C)C2)ccc1OC. The van der Waals surface area contributed by atoms with Crippen molar-refractivity contribution in [3.63, 3.8) is 0 Å². The molecule has 0 aromatic heterocycles. The van der Waals surface area contributed by atoms with Gasteiger partial charge < -0.3 is 20.1 Å². The quantitative estimate of drug-likeness (QED) is 0.794. The van der Waals surface area contributed by atoms with Crippen LogP contribution in [-0.2, 0) is 6.54 Å². The highest BCUT2D eigenvalue weighted by atomic mass is 16.5. The lowest BCUT2D eigenvalue weighted by molar-refractivity contribution is 0.145. The molecule has 0 spiro atoms. The van der Waals surface area contributed by atoms with E-state index in [1.165, 1.54) is 5.56 Å². The third-order valence-electron chi connectivity index (χ3n) is 4.47. The van der Waals surface area contributed by atoms with Gasteiger partial charge in [-0.1, -0.05) is 13.0 Å². The summed E-state index contributed by atoms with van der Waals surface area (Å²) in [5.74, 6) is 1.64. The summed E-state index contributed by atoms with van der Waals surface area (Å²) < 4.78 is 11.2. The minimum atomic E-state index is 0.161. The average molecular weight is 335 g/mol. The predicted molar refractivity (Wildman–Crippen MR) is 99.9 cm³/mol. The van der Waals surface area contributed by atoms with Gasteiger partial charge in [0.1, 0.15) is 0 Å². The van der Waals surface area contributed by atoms with Gasteiger partial charge in [0.2, 0.25) is 0 Å². The van der Waals surface area contributed by atoms with Gasteiger partial charge in [0.05, 0.1) is 13.7 Å². The molecule has 0 amide bonds. The van der Waals surface area contributed by atoms with E-state index in [2.05, 4.69) is 57.4 Å². The molecule has 0 bridgehead atoms. The van der Waals surface area contributed by atoms with Crippen molar-refractivity contribution in [2.24, 2.45) is 0 Å². The van der Waals surface area contributed by atoms with Crippen LogP contribution in [-0.4, -0.2) is 30.8 Å². The van der Waals surface area contributed by atoms with E-state index in [1.807, 2.05) is 6.07 Å². The molecule has 0 unspecified atom stereocenters. The van der Waals surface area contributed by atoms with Gasteiger partial charge in [-0.05, 0) is 64.7 Å². The molecule has 1 aliphatic heterocycles. The van der Waals surface area contributed by atoms with E-state index in [9.17, 15) is 0 Å². The molecule has 0 aliphatic carbocycles. The molecule has 2 N–H and O–H groups in total. The maximum Gasteiger partial charge on any atom is 0.161 e. The van der Waals surface area contributed by atoms with Gasteiger partial charge in [-0.15, -0.1) is 0 Å². The number of nitrogens with one attached hydrogen (secondary N) is 2. The highest BCUT2D eigenvalue weighted by Crippen LogP contribution is 2.30. The normalized spacial score (nSPS) is 19.9. The molecule has 2 rings (SSSR count). The Labute approximate surface area is 147 Å². The molecule has 1 heterocycles. The Morgan fingerprint density at radius 1 is 1.12 bits per heavy atom. The zero-order chi connectivity index (χ0) is 17.8. The Bertz CT molecular complexity index is 524. The van der Waals surface area contributed by atoms with Crippen molar-refractivity contribution in [2.45, 2.75) is 77.5 Å². The molecule has 1 saturated heterocycles. The average Bonchev–Trinajstić information content (AvgIpc) is 2.48. The van der Waals surface area contributed by atoms with Crippen LogP contribution in [0.4, 0.5) is 0 Å². The van der Waals surface area contributed by atoms with Crippen molar-refractivity contribution in [3.05, 3.63) is 23.8 Å². The maximum atomic E-state index is 5.81. The van der Waals surface area contributed by atoms with Gasteiger partial charge in [0.15, 0.2) is 11.5 Å². The molecule has 1 aromatic carbocycles. The van der Waals surface area contributed by atoms with Crippen molar-refractivity contribution in [1.29, 1.82) is 0 Å². The Morgan fingerprint density at radius 2 is 1.79 bits per heavy atom. The molecule has 4 heteroatoms. The number of piperidine rings is 1. The number of hydrogen-bond acceptors (Lipinski definition) is 4. The van der Waals surface area contributed by atoms with Crippen molar-refractivity contribution in [2.75, 3.05) is 13.7 Å². The second-order valence-corrected chi connectivity index (χ2v) is 8.21. The van der Waals surface area contributed by atoms with Crippen LogP contribution in [0.15, 0.2) is 18.2 Å². The predicted octanol–water partition coefficient (Wildman–Crippen LogP) is 3.88. The molecule has 24 heavy (non-hydrogen) atoms. The molecule has 136 valence electrons.